The molecule has 3 heterocycles. The predicted molar refractivity (Wildman–Crippen MR) is 124 cm³/mol. The van der Waals surface area contributed by atoms with Gasteiger partial charge in [-0.05, 0) is 54.6 Å². The number of hydrogen-bond acceptors (Lipinski definition) is 4. The van der Waals surface area contributed by atoms with Crippen LogP contribution in [0.15, 0.2) is 22.7 Å². The van der Waals surface area contributed by atoms with Gasteiger partial charge in [-0.15, -0.1) is 0 Å². The molecule has 0 amide bonds. The molecule has 30 heavy (non-hydrogen) atoms. The highest BCUT2D eigenvalue weighted by molar-refractivity contribution is 5.84. The number of fused-ring (bicyclic) bond motifs is 1. The second-order valence-corrected chi connectivity index (χ2v) is 12.6. The highest BCUT2D eigenvalue weighted by Crippen LogP contribution is 2.50. The maximum Gasteiger partial charge on any atom is 0.169 e. The number of benzene rings is 1. The van der Waals surface area contributed by atoms with Crippen molar-refractivity contribution in [2.24, 2.45) is 16.7 Å². The Labute approximate surface area is 182 Å². The van der Waals surface area contributed by atoms with Crippen molar-refractivity contribution in [2.75, 3.05) is 31.1 Å². The smallest absolute Gasteiger partial charge is 0.169 e. The quantitative estimate of drug-likeness (QED) is 0.622. The third-order valence-electron chi connectivity index (χ3n) is 8.26. The maximum absolute atomic E-state index is 5.66. The summed E-state index contributed by atoms with van der Waals surface area (Å²) in [5, 5.41) is 5.50. The van der Waals surface area contributed by atoms with Crippen LogP contribution in [-0.2, 0) is 5.41 Å². The van der Waals surface area contributed by atoms with E-state index in [9.17, 15) is 0 Å². The largest absolute Gasteiger partial charge is 0.368 e. The lowest BCUT2D eigenvalue weighted by Crippen LogP contribution is -2.69. The molecule has 2 saturated heterocycles. The second kappa shape index (κ2) is 6.72. The average Bonchev–Trinajstić information content (AvgIpc) is 3.02. The SMILES string of the molecule is CC(C)(C)c1noc2cc(N3CC(N4CC5(CCC(C(C)(C)C)CC5)C4)C3)ccc12. The first kappa shape index (κ1) is 20.4. The van der Waals surface area contributed by atoms with Crippen LogP contribution in [-0.4, -0.2) is 42.3 Å². The van der Waals surface area contributed by atoms with Gasteiger partial charge < -0.3 is 9.42 Å². The van der Waals surface area contributed by atoms with E-state index in [1.807, 2.05) is 0 Å². The highest BCUT2D eigenvalue weighted by atomic mass is 16.5. The van der Waals surface area contributed by atoms with E-state index in [-0.39, 0.29) is 5.41 Å². The third-order valence-corrected chi connectivity index (χ3v) is 8.26. The summed E-state index contributed by atoms with van der Waals surface area (Å²) in [5.74, 6) is 0.918. The summed E-state index contributed by atoms with van der Waals surface area (Å²) in [6.45, 7) is 18.8. The minimum Gasteiger partial charge on any atom is -0.368 e. The summed E-state index contributed by atoms with van der Waals surface area (Å²) in [6, 6.07) is 7.35. The molecule has 4 nitrogen and oxygen atoms in total. The van der Waals surface area contributed by atoms with Gasteiger partial charge in [-0.3, -0.25) is 4.90 Å². The van der Waals surface area contributed by atoms with Gasteiger partial charge in [0.2, 0.25) is 0 Å². The molecular weight excluding hydrogens is 370 g/mol. The third kappa shape index (κ3) is 3.45. The van der Waals surface area contributed by atoms with Gasteiger partial charge in [-0.1, -0.05) is 46.7 Å². The molecule has 1 aliphatic carbocycles. The Balaban J connectivity index is 1.15. The molecule has 3 fully saturated rings. The molecule has 0 bridgehead atoms. The molecule has 0 radical (unpaired) electrons. The van der Waals surface area contributed by atoms with Crippen molar-refractivity contribution in [3.8, 4) is 0 Å². The first-order valence-corrected chi connectivity index (χ1v) is 11.9. The van der Waals surface area contributed by atoms with Crippen LogP contribution in [0.4, 0.5) is 5.69 Å². The zero-order valence-electron chi connectivity index (χ0n) is 19.8. The standard InChI is InChI=1S/C26H39N3O/c1-24(2,3)18-9-11-26(12-10-18)16-29(17-26)20-14-28(15-20)19-7-8-21-22(13-19)30-27-23(21)25(4,5)6/h7-8,13,18,20H,9-12,14-17H2,1-6H3. The van der Waals surface area contributed by atoms with Crippen molar-refractivity contribution in [2.45, 2.75) is 78.7 Å². The van der Waals surface area contributed by atoms with Crippen molar-refractivity contribution >= 4 is 16.7 Å². The molecule has 0 atom stereocenters. The number of rotatable bonds is 2. The molecule has 2 aromatic rings. The van der Waals surface area contributed by atoms with Crippen LogP contribution in [0.5, 0.6) is 0 Å². The van der Waals surface area contributed by atoms with Gasteiger partial charge >= 0.3 is 0 Å². The fraction of sp³-hybridized carbons (Fsp3) is 0.731. The molecule has 4 heteroatoms. The van der Waals surface area contributed by atoms with Gasteiger partial charge in [0.1, 0.15) is 0 Å². The lowest BCUT2D eigenvalue weighted by atomic mass is 9.61. The van der Waals surface area contributed by atoms with Crippen LogP contribution in [0.3, 0.4) is 0 Å². The Kier molecular flexibility index (Phi) is 4.56. The number of hydrogen-bond donors (Lipinski definition) is 0. The van der Waals surface area contributed by atoms with Crippen molar-refractivity contribution in [3.63, 3.8) is 0 Å². The van der Waals surface area contributed by atoms with E-state index >= 15 is 0 Å². The van der Waals surface area contributed by atoms with Crippen molar-refractivity contribution < 1.29 is 4.52 Å². The molecule has 1 aromatic carbocycles. The van der Waals surface area contributed by atoms with Gasteiger partial charge in [-0.25, -0.2) is 0 Å². The van der Waals surface area contributed by atoms with Crippen LogP contribution >= 0.6 is 0 Å². The van der Waals surface area contributed by atoms with E-state index in [4.69, 9.17) is 4.52 Å². The zero-order chi connectivity index (χ0) is 21.3. The molecule has 0 N–H and O–H groups in total. The fourth-order valence-electron chi connectivity index (χ4n) is 6.05. The summed E-state index contributed by atoms with van der Waals surface area (Å²) in [4.78, 5) is 5.24. The van der Waals surface area contributed by atoms with E-state index in [1.165, 1.54) is 44.5 Å². The lowest BCUT2D eigenvalue weighted by Gasteiger charge is -2.60. The number of likely N-dealkylation sites (tertiary alicyclic amines) is 1. The van der Waals surface area contributed by atoms with Crippen molar-refractivity contribution in [3.05, 3.63) is 23.9 Å². The topological polar surface area (TPSA) is 32.5 Å². The van der Waals surface area contributed by atoms with E-state index in [2.05, 4.69) is 74.7 Å². The normalized spacial score (nSPS) is 23.7. The summed E-state index contributed by atoms with van der Waals surface area (Å²) < 4.78 is 5.66. The van der Waals surface area contributed by atoms with Crippen LogP contribution in [0.25, 0.3) is 11.0 Å². The molecule has 164 valence electrons. The Bertz CT molecular complexity index is 910. The number of anilines is 1. The summed E-state index contributed by atoms with van der Waals surface area (Å²) in [6.07, 6.45) is 5.75. The van der Waals surface area contributed by atoms with E-state index in [0.29, 0.717) is 10.8 Å². The summed E-state index contributed by atoms with van der Waals surface area (Å²) >= 11 is 0. The maximum atomic E-state index is 5.66. The van der Waals surface area contributed by atoms with Gasteiger partial charge in [0.15, 0.2) is 5.58 Å². The van der Waals surface area contributed by atoms with E-state index in [0.717, 1.165) is 41.7 Å². The van der Waals surface area contributed by atoms with E-state index < -0.39 is 0 Å². The fourth-order valence-corrected chi connectivity index (χ4v) is 6.05. The lowest BCUT2D eigenvalue weighted by molar-refractivity contribution is -0.0765. The molecule has 1 aromatic heterocycles. The molecule has 0 unspecified atom stereocenters. The van der Waals surface area contributed by atoms with Crippen LogP contribution in [0.1, 0.15) is 72.9 Å². The van der Waals surface area contributed by atoms with Gasteiger partial charge in [0.05, 0.1) is 5.69 Å². The van der Waals surface area contributed by atoms with E-state index in [1.54, 1.807) is 0 Å². The second-order valence-electron chi connectivity index (χ2n) is 12.6. The van der Waals surface area contributed by atoms with Crippen molar-refractivity contribution in [1.29, 1.82) is 0 Å². The Morgan fingerprint density at radius 1 is 1.00 bits per heavy atom. The zero-order valence-corrected chi connectivity index (χ0v) is 19.8. The molecular formula is C26H39N3O. The predicted octanol–water partition coefficient (Wildman–Crippen LogP) is 5.85. The first-order valence-electron chi connectivity index (χ1n) is 11.9. The molecule has 3 aliphatic rings. The van der Waals surface area contributed by atoms with Gasteiger partial charge in [0, 0.05) is 54.8 Å². The Hall–Kier alpha value is -1.55. The summed E-state index contributed by atoms with van der Waals surface area (Å²) in [5.41, 5.74) is 4.38. The van der Waals surface area contributed by atoms with Crippen LogP contribution < -0.4 is 4.90 Å². The molecule has 1 saturated carbocycles. The Morgan fingerprint density at radius 2 is 1.67 bits per heavy atom. The van der Waals surface area contributed by atoms with Crippen LogP contribution in [0.2, 0.25) is 0 Å². The highest BCUT2D eigenvalue weighted by Gasteiger charge is 2.50. The van der Waals surface area contributed by atoms with Gasteiger partial charge in [0.25, 0.3) is 0 Å². The molecule has 1 spiro atoms. The van der Waals surface area contributed by atoms with Gasteiger partial charge in [-0.2, -0.15) is 0 Å². The molecule has 5 rings (SSSR count). The average molecular weight is 410 g/mol. The van der Waals surface area contributed by atoms with Crippen LogP contribution in [0, 0.1) is 16.7 Å². The number of aromatic nitrogens is 1. The molecule has 2 aliphatic heterocycles. The number of nitrogens with zero attached hydrogens (tertiary/aromatic N) is 3. The monoisotopic (exact) mass is 409 g/mol. The van der Waals surface area contributed by atoms with Crippen molar-refractivity contribution in [1.82, 2.24) is 10.1 Å². The minimum atomic E-state index is 0.00803. The first-order chi connectivity index (χ1) is 14.0. The minimum absolute atomic E-state index is 0.00803. The summed E-state index contributed by atoms with van der Waals surface area (Å²) in [7, 11) is 0. The Morgan fingerprint density at radius 3 is 2.27 bits per heavy atom.